The van der Waals surface area contributed by atoms with Gasteiger partial charge in [-0.3, -0.25) is 4.79 Å². The summed E-state index contributed by atoms with van der Waals surface area (Å²) < 4.78 is 12.0. The molecule has 0 bridgehead atoms. The van der Waals surface area contributed by atoms with Crippen LogP contribution < -0.4 is 19.3 Å². The van der Waals surface area contributed by atoms with E-state index >= 15 is 0 Å². The van der Waals surface area contributed by atoms with Crippen molar-refractivity contribution in [1.29, 1.82) is 0 Å². The largest absolute Gasteiger partial charge is 0.493 e. The van der Waals surface area contributed by atoms with Gasteiger partial charge in [0.1, 0.15) is 0 Å². The number of hydrogen-bond acceptors (Lipinski definition) is 4. The highest BCUT2D eigenvalue weighted by Gasteiger charge is 2.36. The van der Waals surface area contributed by atoms with Gasteiger partial charge >= 0.3 is 0 Å². The second kappa shape index (κ2) is 12.6. The highest BCUT2D eigenvalue weighted by molar-refractivity contribution is 6.30. The number of methoxy groups -OCH3 is 1. The molecule has 0 radical (unpaired) electrons. The van der Waals surface area contributed by atoms with Crippen LogP contribution in [0.5, 0.6) is 11.5 Å². The lowest BCUT2D eigenvalue weighted by atomic mass is 9.86. The predicted octanol–water partition coefficient (Wildman–Crippen LogP) is 8.22. The van der Waals surface area contributed by atoms with Crippen molar-refractivity contribution in [1.82, 2.24) is 0 Å². The fourth-order valence-electron chi connectivity index (χ4n) is 6.11. The molecule has 1 unspecified atom stereocenters. The number of rotatable bonds is 9. The number of amides is 1. The van der Waals surface area contributed by atoms with Crippen molar-refractivity contribution in [3.63, 3.8) is 0 Å². The highest BCUT2D eigenvalue weighted by Crippen LogP contribution is 2.44. The molecule has 2 aliphatic rings. The second-order valence-electron chi connectivity index (χ2n) is 11.3. The standard InChI is InChI=1S/C34H41ClN2O3/c1-5-23(2)40-32-21-30-26(19-31(32)39-4)20-33(38)37(34(30)25-11-13-27(35)14-12-25)29-17-15-28(16-18-29)36(3)22-24-9-7-6-8-10-24/h11-19,21,23-24,34H,5-10,20,22H2,1-4H3/t23-,34?/m1/s1. The van der Waals surface area contributed by atoms with Gasteiger partial charge in [0.25, 0.3) is 0 Å². The van der Waals surface area contributed by atoms with Crippen LogP contribution in [0.2, 0.25) is 5.02 Å². The Kier molecular flexibility index (Phi) is 8.90. The summed E-state index contributed by atoms with van der Waals surface area (Å²) >= 11 is 6.27. The Morgan fingerprint density at radius 2 is 1.70 bits per heavy atom. The number of carbonyl (C=O) groups excluding carboxylic acids is 1. The van der Waals surface area contributed by atoms with Crippen molar-refractivity contribution in [3.8, 4) is 11.5 Å². The first-order valence-corrected chi connectivity index (χ1v) is 15.0. The summed E-state index contributed by atoms with van der Waals surface area (Å²) in [5.74, 6) is 2.16. The molecule has 2 atom stereocenters. The van der Waals surface area contributed by atoms with Gasteiger partial charge in [-0.25, -0.2) is 0 Å². The van der Waals surface area contributed by atoms with Crippen LogP contribution in [0.25, 0.3) is 0 Å². The van der Waals surface area contributed by atoms with E-state index in [4.69, 9.17) is 21.1 Å². The summed E-state index contributed by atoms with van der Waals surface area (Å²) in [6.45, 7) is 5.23. The van der Waals surface area contributed by atoms with Crippen LogP contribution in [-0.4, -0.2) is 32.7 Å². The van der Waals surface area contributed by atoms with Gasteiger partial charge < -0.3 is 19.3 Å². The minimum absolute atomic E-state index is 0.0420. The molecule has 40 heavy (non-hydrogen) atoms. The zero-order chi connectivity index (χ0) is 28.2. The maximum atomic E-state index is 13.8. The molecule has 1 heterocycles. The second-order valence-corrected chi connectivity index (χ2v) is 11.8. The van der Waals surface area contributed by atoms with Crippen molar-refractivity contribution in [3.05, 3.63) is 82.4 Å². The number of fused-ring (bicyclic) bond motifs is 1. The average Bonchev–Trinajstić information content (AvgIpc) is 2.97. The van der Waals surface area contributed by atoms with E-state index in [0.29, 0.717) is 22.9 Å². The van der Waals surface area contributed by atoms with Crippen LogP contribution in [-0.2, 0) is 11.2 Å². The first-order valence-electron chi connectivity index (χ1n) is 14.6. The molecule has 0 N–H and O–H groups in total. The number of halogens is 1. The quantitative estimate of drug-likeness (QED) is 0.264. The van der Waals surface area contributed by atoms with E-state index < -0.39 is 0 Å². The molecule has 6 heteroatoms. The molecule has 1 amide bonds. The summed E-state index contributed by atoms with van der Waals surface area (Å²) in [5.41, 5.74) is 5.05. The summed E-state index contributed by atoms with van der Waals surface area (Å²) in [6.07, 6.45) is 7.92. The Morgan fingerprint density at radius 3 is 2.35 bits per heavy atom. The minimum Gasteiger partial charge on any atom is -0.493 e. The van der Waals surface area contributed by atoms with E-state index in [-0.39, 0.29) is 18.1 Å². The van der Waals surface area contributed by atoms with Crippen molar-refractivity contribution in [2.24, 2.45) is 5.92 Å². The molecule has 212 valence electrons. The fraction of sp³-hybridized carbons (Fsp3) is 0.441. The summed E-state index contributed by atoms with van der Waals surface area (Å²) in [6, 6.07) is 20.0. The van der Waals surface area contributed by atoms with Crippen LogP contribution in [0.1, 0.15) is 75.1 Å². The monoisotopic (exact) mass is 560 g/mol. The Morgan fingerprint density at radius 1 is 1.00 bits per heavy atom. The van der Waals surface area contributed by atoms with Gasteiger partial charge in [0.15, 0.2) is 11.5 Å². The Bertz CT molecular complexity index is 1300. The zero-order valence-corrected chi connectivity index (χ0v) is 24.9. The van der Waals surface area contributed by atoms with Crippen LogP contribution in [0.3, 0.4) is 0 Å². The third kappa shape index (κ3) is 6.10. The first kappa shape index (κ1) is 28.4. The molecule has 5 rings (SSSR count). The van der Waals surface area contributed by atoms with Crippen molar-refractivity contribution >= 4 is 28.9 Å². The molecule has 0 spiro atoms. The van der Waals surface area contributed by atoms with E-state index in [1.807, 2.05) is 35.2 Å². The average molecular weight is 561 g/mol. The van der Waals surface area contributed by atoms with Crippen LogP contribution in [0, 0.1) is 5.92 Å². The maximum absolute atomic E-state index is 13.8. The molecule has 1 aliphatic carbocycles. The van der Waals surface area contributed by atoms with Gasteiger partial charge in [0.2, 0.25) is 5.91 Å². The van der Waals surface area contributed by atoms with Crippen LogP contribution >= 0.6 is 11.6 Å². The van der Waals surface area contributed by atoms with Crippen molar-refractivity contribution in [2.45, 2.75) is 70.9 Å². The summed E-state index contributed by atoms with van der Waals surface area (Å²) in [4.78, 5) is 18.1. The summed E-state index contributed by atoms with van der Waals surface area (Å²) in [5, 5.41) is 0.665. The molecule has 1 fully saturated rings. The topological polar surface area (TPSA) is 42.0 Å². The van der Waals surface area contributed by atoms with E-state index in [1.54, 1.807) is 7.11 Å². The van der Waals surface area contributed by atoms with Crippen molar-refractivity contribution < 1.29 is 14.3 Å². The molecular formula is C34H41ClN2O3. The third-order valence-corrected chi connectivity index (χ3v) is 8.75. The minimum atomic E-state index is -0.315. The zero-order valence-electron chi connectivity index (χ0n) is 24.2. The number of nitrogens with zero attached hydrogens (tertiary/aromatic N) is 2. The highest BCUT2D eigenvalue weighted by atomic mass is 35.5. The Hall–Kier alpha value is -3.18. The smallest absolute Gasteiger partial charge is 0.232 e. The van der Waals surface area contributed by atoms with E-state index in [1.165, 1.54) is 37.8 Å². The van der Waals surface area contributed by atoms with Crippen LogP contribution in [0.4, 0.5) is 11.4 Å². The van der Waals surface area contributed by atoms with Gasteiger partial charge in [-0.2, -0.15) is 0 Å². The number of anilines is 2. The van der Waals surface area contributed by atoms with Gasteiger partial charge in [0, 0.05) is 30.0 Å². The molecule has 3 aromatic carbocycles. The van der Waals surface area contributed by atoms with Gasteiger partial charge in [-0.05, 0) is 97.3 Å². The molecule has 1 saturated carbocycles. The van der Waals surface area contributed by atoms with E-state index in [0.717, 1.165) is 41.3 Å². The predicted molar refractivity (Wildman–Crippen MR) is 164 cm³/mol. The van der Waals surface area contributed by atoms with E-state index in [2.05, 4.69) is 56.1 Å². The SMILES string of the molecule is CC[C@@H](C)Oc1cc2c(cc1OC)CC(=O)N(c1ccc(N(C)CC3CCCCC3)cc1)C2c1ccc(Cl)cc1. The molecule has 0 aromatic heterocycles. The maximum Gasteiger partial charge on any atom is 0.232 e. The Balaban J connectivity index is 1.51. The number of hydrogen-bond donors (Lipinski definition) is 0. The lowest BCUT2D eigenvalue weighted by Crippen LogP contribution is -2.41. The molecule has 1 aliphatic heterocycles. The van der Waals surface area contributed by atoms with E-state index in [9.17, 15) is 4.79 Å². The fourth-order valence-corrected chi connectivity index (χ4v) is 6.23. The van der Waals surface area contributed by atoms with Crippen molar-refractivity contribution in [2.75, 3.05) is 30.5 Å². The lowest BCUT2D eigenvalue weighted by Gasteiger charge is -2.38. The molecule has 5 nitrogen and oxygen atoms in total. The number of ether oxygens (including phenoxy) is 2. The van der Waals surface area contributed by atoms with Crippen LogP contribution in [0.15, 0.2) is 60.7 Å². The number of benzene rings is 3. The normalized spacial score (nSPS) is 18.3. The van der Waals surface area contributed by atoms with Gasteiger partial charge in [0.05, 0.1) is 25.7 Å². The van der Waals surface area contributed by atoms with Gasteiger partial charge in [-0.15, -0.1) is 0 Å². The van der Waals surface area contributed by atoms with Gasteiger partial charge in [-0.1, -0.05) is 49.9 Å². The Labute approximate surface area is 244 Å². The lowest BCUT2D eigenvalue weighted by molar-refractivity contribution is -0.118. The molecular weight excluding hydrogens is 520 g/mol. The number of carbonyl (C=O) groups is 1. The molecule has 0 saturated heterocycles. The first-order chi connectivity index (χ1) is 19.4. The summed E-state index contributed by atoms with van der Waals surface area (Å²) in [7, 11) is 3.82. The third-order valence-electron chi connectivity index (χ3n) is 8.50. The molecule has 3 aromatic rings.